The molecule has 0 radical (unpaired) electrons. The summed E-state index contributed by atoms with van der Waals surface area (Å²) < 4.78 is 5.23. The van der Waals surface area contributed by atoms with Crippen molar-refractivity contribution in [3.63, 3.8) is 0 Å². The molecule has 2 aromatic carbocycles. The van der Waals surface area contributed by atoms with Crippen LogP contribution in [-0.2, 0) is 0 Å². The Morgan fingerprint density at radius 3 is 2.58 bits per heavy atom. The van der Waals surface area contributed by atoms with Crippen LogP contribution in [0.5, 0.6) is 5.75 Å². The summed E-state index contributed by atoms with van der Waals surface area (Å²) in [5, 5.41) is 3.51. The second-order valence-corrected chi connectivity index (χ2v) is 6.31. The van der Waals surface area contributed by atoms with Crippen LogP contribution in [0.3, 0.4) is 0 Å². The van der Waals surface area contributed by atoms with Crippen molar-refractivity contribution in [2.45, 2.75) is 13.0 Å². The van der Waals surface area contributed by atoms with Crippen LogP contribution in [0, 0.1) is 0 Å². The maximum atomic E-state index is 12.6. The van der Waals surface area contributed by atoms with Gasteiger partial charge in [0.1, 0.15) is 5.75 Å². The Balaban J connectivity index is 1.76. The summed E-state index contributed by atoms with van der Waals surface area (Å²) in [6.07, 6.45) is 3.42. The second kappa shape index (κ2) is 8.02. The highest BCUT2D eigenvalue weighted by Gasteiger charge is 2.14. The van der Waals surface area contributed by atoms with Crippen molar-refractivity contribution in [2.75, 3.05) is 7.11 Å². The zero-order valence-electron chi connectivity index (χ0n) is 14.6. The molecule has 1 atom stereocenters. The van der Waals surface area contributed by atoms with Crippen molar-refractivity contribution in [1.29, 1.82) is 0 Å². The monoisotopic (exact) mass is 366 g/mol. The molecule has 3 aromatic rings. The summed E-state index contributed by atoms with van der Waals surface area (Å²) in [5.41, 5.74) is 3.31. The molecule has 0 fully saturated rings. The quantitative estimate of drug-likeness (QED) is 0.698. The van der Waals surface area contributed by atoms with Gasteiger partial charge in [-0.1, -0.05) is 29.8 Å². The Bertz CT molecular complexity index is 913. The molecule has 132 valence electrons. The van der Waals surface area contributed by atoms with Gasteiger partial charge in [0.05, 0.1) is 13.2 Å². The summed E-state index contributed by atoms with van der Waals surface area (Å²) in [7, 11) is 1.62. The van der Waals surface area contributed by atoms with E-state index in [1.165, 1.54) is 0 Å². The first kappa shape index (κ1) is 18.0. The minimum Gasteiger partial charge on any atom is -0.497 e. The standard InChI is InChI=1S/C21H19ClN2O2/c1-14(16-4-3-5-18(12-16)26-2)24-21(25)17-6-7-19(20(22)13-17)15-8-10-23-11-9-15/h3-14H,1-2H3,(H,24,25). The number of benzene rings is 2. The van der Waals surface area contributed by atoms with Gasteiger partial charge in [0, 0.05) is 28.5 Å². The summed E-state index contributed by atoms with van der Waals surface area (Å²) in [4.78, 5) is 16.6. The summed E-state index contributed by atoms with van der Waals surface area (Å²) in [6, 6.07) is 16.5. The molecule has 0 bridgehead atoms. The van der Waals surface area contributed by atoms with Crippen molar-refractivity contribution < 1.29 is 9.53 Å². The number of carbonyl (C=O) groups is 1. The molecule has 1 N–H and O–H groups in total. The normalized spacial score (nSPS) is 11.7. The molecular weight excluding hydrogens is 348 g/mol. The molecule has 0 spiro atoms. The van der Waals surface area contributed by atoms with Gasteiger partial charge in [-0.15, -0.1) is 0 Å². The molecule has 1 unspecified atom stereocenters. The van der Waals surface area contributed by atoms with E-state index in [4.69, 9.17) is 16.3 Å². The third-order valence-electron chi connectivity index (χ3n) is 4.16. The number of nitrogens with zero attached hydrogens (tertiary/aromatic N) is 1. The van der Waals surface area contributed by atoms with E-state index in [0.29, 0.717) is 10.6 Å². The number of aromatic nitrogens is 1. The molecule has 0 aliphatic carbocycles. The number of hydrogen-bond donors (Lipinski definition) is 1. The Morgan fingerprint density at radius 2 is 1.88 bits per heavy atom. The topological polar surface area (TPSA) is 51.2 Å². The molecule has 0 aliphatic heterocycles. The van der Waals surface area contributed by atoms with E-state index in [-0.39, 0.29) is 11.9 Å². The number of halogens is 1. The van der Waals surface area contributed by atoms with Crippen LogP contribution < -0.4 is 10.1 Å². The first-order chi connectivity index (χ1) is 12.6. The molecule has 1 amide bonds. The fourth-order valence-electron chi connectivity index (χ4n) is 2.70. The van der Waals surface area contributed by atoms with Crippen LogP contribution in [0.4, 0.5) is 0 Å². The number of ether oxygens (including phenoxy) is 1. The van der Waals surface area contributed by atoms with Gasteiger partial charge in [-0.05, 0) is 54.4 Å². The smallest absolute Gasteiger partial charge is 0.251 e. The van der Waals surface area contributed by atoms with Gasteiger partial charge >= 0.3 is 0 Å². The van der Waals surface area contributed by atoms with E-state index in [2.05, 4.69) is 10.3 Å². The van der Waals surface area contributed by atoms with Crippen molar-refractivity contribution in [2.24, 2.45) is 0 Å². The summed E-state index contributed by atoms with van der Waals surface area (Å²) in [6.45, 7) is 1.93. The molecule has 26 heavy (non-hydrogen) atoms. The number of nitrogens with one attached hydrogen (secondary N) is 1. The van der Waals surface area contributed by atoms with Gasteiger partial charge in [0.2, 0.25) is 0 Å². The first-order valence-corrected chi connectivity index (χ1v) is 8.61. The Morgan fingerprint density at radius 1 is 1.12 bits per heavy atom. The zero-order valence-corrected chi connectivity index (χ0v) is 15.3. The highest BCUT2D eigenvalue weighted by atomic mass is 35.5. The number of methoxy groups -OCH3 is 1. The lowest BCUT2D eigenvalue weighted by molar-refractivity contribution is 0.0940. The number of hydrogen-bond acceptors (Lipinski definition) is 3. The Hall–Kier alpha value is -2.85. The fourth-order valence-corrected chi connectivity index (χ4v) is 2.99. The minimum atomic E-state index is -0.177. The largest absolute Gasteiger partial charge is 0.497 e. The Kier molecular flexibility index (Phi) is 5.54. The molecular formula is C21H19ClN2O2. The highest BCUT2D eigenvalue weighted by Crippen LogP contribution is 2.28. The third-order valence-corrected chi connectivity index (χ3v) is 4.48. The van der Waals surface area contributed by atoms with Gasteiger partial charge in [0.15, 0.2) is 0 Å². The molecule has 1 aromatic heterocycles. The van der Waals surface area contributed by atoms with E-state index in [1.54, 1.807) is 31.6 Å². The van der Waals surface area contributed by atoms with Crippen LogP contribution in [0.2, 0.25) is 5.02 Å². The number of carbonyl (C=O) groups excluding carboxylic acids is 1. The van der Waals surface area contributed by atoms with E-state index in [1.807, 2.05) is 49.4 Å². The van der Waals surface area contributed by atoms with Crippen molar-refractivity contribution >= 4 is 17.5 Å². The molecule has 3 rings (SSSR count). The highest BCUT2D eigenvalue weighted by molar-refractivity contribution is 6.33. The lowest BCUT2D eigenvalue weighted by Crippen LogP contribution is -2.26. The van der Waals surface area contributed by atoms with Gasteiger partial charge in [-0.25, -0.2) is 0 Å². The van der Waals surface area contributed by atoms with E-state index in [0.717, 1.165) is 22.4 Å². The maximum absolute atomic E-state index is 12.6. The average molecular weight is 367 g/mol. The molecule has 5 heteroatoms. The van der Waals surface area contributed by atoms with Crippen LogP contribution in [0.25, 0.3) is 11.1 Å². The summed E-state index contributed by atoms with van der Waals surface area (Å²) in [5.74, 6) is 0.580. The zero-order chi connectivity index (χ0) is 18.5. The van der Waals surface area contributed by atoms with E-state index >= 15 is 0 Å². The van der Waals surface area contributed by atoms with Gasteiger partial charge in [-0.3, -0.25) is 9.78 Å². The van der Waals surface area contributed by atoms with Crippen molar-refractivity contribution in [3.8, 4) is 16.9 Å². The number of amides is 1. The predicted molar refractivity (Wildman–Crippen MR) is 104 cm³/mol. The van der Waals surface area contributed by atoms with Gasteiger partial charge in [0.25, 0.3) is 5.91 Å². The minimum absolute atomic E-state index is 0.156. The van der Waals surface area contributed by atoms with E-state index in [9.17, 15) is 4.79 Å². The van der Waals surface area contributed by atoms with Crippen LogP contribution in [0.15, 0.2) is 67.0 Å². The lowest BCUT2D eigenvalue weighted by Gasteiger charge is -2.16. The van der Waals surface area contributed by atoms with Crippen LogP contribution in [0.1, 0.15) is 28.9 Å². The van der Waals surface area contributed by atoms with Gasteiger partial charge < -0.3 is 10.1 Å². The van der Waals surface area contributed by atoms with Crippen LogP contribution >= 0.6 is 11.6 Å². The SMILES string of the molecule is COc1cccc(C(C)NC(=O)c2ccc(-c3ccncc3)c(Cl)c2)c1. The molecule has 0 saturated heterocycles. The first-order valence-electron chi connectivity index (χ1n) is 8.23. The van der Waals surface area contributed by atoms with Crippen molar-refractivity contribution in [3.05, 3.63) is 83.1 Å². The third kappa shape index (κ3) is 4.03. The van der Waals surface area contributed by atoms with Gasteiger partial charge in [-0.2, -0.15) is 0 Å². The maximum Gasteiger partial charge on any atom is 0.251 e. The molecule has 4 nitrogen and oxygen atoms in total. The Labute approximate surface area is 157 Å². The number of rotatable bonds is 5. The molecule has 0 aliphatic rings. The summed E-state index contributed by atoms with van der Waals surface area (Å²) >= 11 is 6.38. The lowest BCUT2D eigenvalue weighted by atomic mass is 10.0. The van der Waals surface area contributed by atoms with Crippen LogP contribution in [-0.4, -0.2) is 18.0 Å². The fraction of sp³-hybridized carbons (Fsp3) is 0.143. The average Bonchev–Trinajstić information content (AvgIpc) is 2.68. The van der Waals surface area contributed by atoms with Crippen molar-refractivity contribution in [1.82, 2.24) is 10.3 Å². The predicted octanol–water partition coefficient (Wildman–Crippen LogP) is 4.90. The second-order valence-electron chi connectivity index (χ2n) is 5.90. The molecule has 0 saturated carbocycles. The van der Waals surface area contributed by atoms with E-state index < -0.39 is 0 Å². The number of pyridine rings is 1. The molecule has 1 heterocycles.